The van der Waals surface area contributed by atoms with E-state index in [2.05, 4.69) is 57.0 Å². The molecule has 4 rings (SSSR count). The van der Waals surface area contributed by atoms with Crippen molar-refractivity contribution in [2.45, 2.75) is 56.2 Å². The summed E-state index contributed by atoms with van der Waals surface area (Å²) in [4.78, 5) is 13.1. The van der Waals surface area contributed by atoms with Crippen LogP contribution in [-0.2, 0) is 4.74 Å². The number of nitrogens with one attached hydrogen (secondary N) is 4. The number of benzene rings is 1. The number of ether oxygens (including phenoxy) is 1. The normalized spacial score (nSPS) is 29.7. The molecule has 0 amide bonds. The van der Waals surface area contributed by atoms with Gasteiger partial charge in [-0.2, -0.15) is 0 Å². The maximum atomic E-state index is 11.0. The van der Waals surface area contributed by atoms with Crippen molar-refractivity contribution in [1.82, 2.24) is 26.7 Å². The van der Waals surface area contributed by atoms with Gasteiger partial charge in [0.15, 0.2) is 5.03 Å². The Morgan fingerprint density at radius 2 is 1.96 bits per heavy atom. The van der Waals surface area contributed by atoms with Crippen molar-refractivity contribution in [2.24, 2.45) is 0 Å². The van der Waals surface area contributed by atoms with Crippen LogP contribution in [0.2, 0.25) is 0 Å². The first kappa shape index (κ1) is 18.8. The highest BCUT2D eigenvalue weighted by atomic mass is 16.7. The molecule has 2 fully saturated rings. The topological polar surface area (TPSA) is 104 Å². The lowest BCUT2D eigenvalue weighted by Crippen LogP contribution is -2.49. The fraction of sp³-hybridized carbons (Fsp3) is 0.579. The minimum atomic E-state index is -0.445. The Morgan fingerprint density at radius 1 is 1.18 bits per heavy atom. The van der Waals surface area contributed by atoms with Gasteiger partial charge in [-0.05, 0) is 43.6 Å². The zero-order valence-electron chi connectivity index (χ0n) is 15.8. The summed E-state index contributed by atoms with van der Waals surface area (Å²) in [6.45, 7) is 1.22. The van der Waals surface area contributed by atoms with E-state index >= 15 is 0 Å². The fourth-order valence-electron chi connectivity index (χ4n) is 4.56. The number of hydrogen-bond donors (Lipinski definition) is 4. The highest BCUT2D eigenvalue weighted by molar-refractivity contribution is 5.20. The van der Waals surface area contributed by atoms with Crippen molar-refractivity contribution in [1.29, 1.82) is 0 Å². The molecule has 0 bridgehead atoms. The molecule has 1 saturated carbocycles. The summed E-state index contributed by atoms with van der Waals surface area (Å²) in [6, 6.07) is 10.4. The molecule has 3 aliphatic rings. The Labute approximate surface area is 164 Å². The average Bonchev–Trinajstić information content (AvgIpc) is 3.37. The summed E-state index contributed by atoms with van der Waals surface area (Å²) in [6.07, 6.45) is 7.06. The predicted molar refractivity (Wildman–Crippen MR) is 104 cm³/mol. The molecule has 0 aromatic heterocycles. The molecule has 2 unspecified atom stereocenters. The summed E-state index contributed by atoms with van der Waals surface area (Å²) < 4.78 is 6.25. The summed E-state index contributed by atoms with van der Waals surface area (Å²) in [5, 5.41) is 10.5. The van der Waals surface area contributed by atoms with E-state index in [1.165, 1.54) is 5.56 Å². The zero-order valence-corrected chi connectivity index (χ0v) is 15.8. The predicted octanol–water partition coefficient (Wildman–Crippen LogP) is 1.36. The van der Waals surface area contributed by atoms with Gasteiger partial charge >= 0.3 is 0 Å². The fourth-order valence-corrected chi connectivity index (χ4v) is 4.56. The molecule has 1 aliphatic carbocycles. The summed E-state index contributed by atoms with van der Waals surface area (Å²) in [7, 11) is 0. The van der Waals surface area contributed by atoms with Crippen LogP contribution >= 0.6 is 0 Å². The van der Waals surface area contributed by atoms with E-state index in [1.807, 2.05) is 6.20 Å². The molecule has 2 atom stereocenters. The van der Waals surface area contributed by atoms with Crippen LogP contribution in [0.5, 0.6) is 0 Å². The van der Waals surface area contributed by atoms with Gasteiger partial charge in [-0.1, -0.05) is 30.3 Å². The minimum absolute atomic E-state index is 0.0855. The van der Waals surface area contributed by atoms with Crippen molar-refractivity contribution in [3.63, 3.8) is 0 Å². The third-order valence-electron chi connectivity index (χ3n) is 6.05. The molecule has 28 heavy (non-hydrogen) atoms. The number of hydrogen-bond acceptors (Lipinski definition) is 7. The molecule has 9 heteroatoms. The quantitative estimate of drug-likeness (QED) is 0.410. The summed E-state index contributed by atoms with van der Waals surface area (Å²) >= 11 is 0. The van der Waals surface area contributed by atoms with E-state index in [0.717, 1.165) is 38.0 Å². The minimum Gasteiger partial charge on any atom is -0.376 e. The SMILES string of the molecule is O=[N+]([O-])NC1CCN(C2=CNNN2)C1COC1CCC(c2ccccc2)CC1. The van der Waals surface area contributed by atoms with E-state index < -0.39 is 5.03 Å². The van der Waals surface area contributed by atoms with Gasteiger partial charge in [-0.15, -0.1) is 11.0 Å². The van der Waals surface area contributed by atoms with Gasteiger partial charge in [0.25, 0.3) is 0 Å². The Hall–Kier alpha value is -2.52. The van der Waals surface area contributed by atoms with Crippen molar-refractivity contribution in [3.8, 4) is 0 Å². The number of likely N-dealkylation sites (tertiary alicyclic amines) is 1. The molecular formula is C19H28N6O3. The Kier molecular flexibility index (Phi) is 5.82. The van der Waals surface area contributed by atoms with E-state index in [-0.39, 0.29) is 18.2 Å². The van der Waals surface area contributed by atoms with Crippen LogP contribution in [-0.4, -0.2) is 41.3 Å². The average molecular weight is 388 g/mol. The van der Waals surface area contributed by atoms with Crippen LogP contribution in [0, 0.1) is 10.1 Å². The van der Waals surface area contributed by atoms with Gasteiger partial charge in [0.05, 0.1) is 25.0 Å². The largest absolute Gasteiger partial charge is 0.376 e. The van der Waals surface area contributed by atoms with Crippen molar-refractivity contribution >= 4 is 0 Å². The Morgan fingerprint density at radius 3 is 2.64 bits per heavy atom. The molecule has 1 saturated heterocycles. The second kappa shape index (κ2) is 8.66. The van der Waals surface area contributed by atoms with Gasteiger partial charge in [0.1, 0.15) is 11.9 Å². The molecule has 152 valence electrons. The van der Waals surface area contributed by atoms with E-state index in [4.69, 9.17) is 4.74 Å². The molecule has 4 N–H and O–H groups in total. The number of hydrazine groups is 3. The van der Waals surface area contributed by atoms with Crippen molar-refractivity contribution in [2.75, 3.05) is 13.2 Å². The number of nitro groups is 1. The van der Waals surface area contributed by atoms with Gasteiger partial charge in [0, 0.05) is 6.54 Å². The van der Waals surface area contributed by atoms with Crippen LogP contribution < -0.4 is 21.8 Å². The third-order valence-corrected chi connectivity index (χ3v) is 6.05. The molecule has 2 heterocycles. The molecular weight excluding hydrogens is 360 g/mol. The number of nitrogens with zero attached hydrogens (tertiary/aromatic N) is 2. The van der Waals surface area contributed by atoms with Crippen LogP contribution in [0.3, 0.4) is 0 Å². The van der Waals surface area contributed by atoms with Gasteiger partial charge in [-0.25, -0.2) is 10.1 Å². The third kappa shape index (κ3) is 4.31. The Bertz CT molecular complexity index is 692. The Balaban J connectivity index is 1.32. The van der Waals surface area contributed by atoms with Gasteiger partial charge < -0.3 is 15.1 Å². The van der Waals surface area contributed by atoms with Crippen LogP contribution in [0.1, 0.15) is 43.6 Å². The molecule has 2 aliphatic heterocycles. The summed E-state index contributed by atoms with van der Waals surface area (Å²) in [5.74, 6) is 1.49. The highest BCUT2D eigenvalue weighted by Crippen LogP contribution is 2.34. The van der Waals surface area contributed by atoms with E-state index in [9.17, 15) is 10.1 Å². The first-order valence-corrected chi connectivity index (χ1v) is 10.0. The maximum absolute atomic E-state index is 11.0. The second-order valence-electron chi connectivity index (χ2n) is 7.68. The van der Waals surface area contributed by atoms with E-state index in [1.54, 1.807) is 0 Å². The molecule has 0 spiro atoms. The number of rotatable bonds is 7. The molecule has 0 radical (unpaired) electrons. The zero-order chi connectivity index (χ0) is 19.3. The van der Waals surface area contributed by atoms with Crippen LogP contribution in [0.25, 0.3) is 0 Å². The molecule has 9 nitrogen and oxygen atoms in total. The van der Waals surface area contributed by atoms with Crippen molar-refractivity contribution < 1.29 is 9.77 Å². The van der Waals surface area contributed by atoms with Gasteiger partial charge in [0.2, 0.25) is 0 Å². The lowest BCUT2D eigenvalue weighted by molar-refractivity contribution is -0.551. The highest BCUT2D eigenvalue weighted by Gasteiger charge is 2.39. The van der Waals surface area contributed by atoms with Crippen molar-refractivity contribution in [3.05, 3.63) is 58.0 Å². The first-order valence-electron chi connectivity index (χ1n) is 10.0. The standard InChI is InChI=1S/C19H28N6O3/c26-25(27)22-17-10-11-24(19-12-20-23-21-19)18(17)13-28-16-8-6-15(7-9-16)14-4-2-1-3-5-14/h1-5,12,15-18,20-23H,6-11,13H2. The maximum Gasteiger partial charge on any atom is 0.157 e. The molecule has 1 aromatic rings. The van der Waals surface area contributed by atoms with Crippen LogP contribution in [0.4, 0.5) is 0 Å². The first-order chi connectivity index (χ1) is 13.7. The van der Waals surface area contributed by atoms with Gasteiger partial charge in [-0.3, -0.25) is 5.43 Å². The summed E-state index contributed by atoms with van der Waals surface area (Å²) in [5.41, 5.74) is 12.6. The van der Waals surface area contributed by atoms with E-state index in [0.29, 0.717) is 18.9 Å². The van der Waals surface area contributed by atoms with Crippen LogP contribution in [0.15, 0.2) is 42.4 Å². The lowest BCUT2D eigenvalue weighted by Gasteiger charge is -2.33. The second-order valence-corrected chi connectivity index (χ2v) is 7.68. The molecule has 1 aromatic carbocycles. The smallest absolute Gasteiger partial charge is 0.157 e. The monoisotopic (exact) mass is 388 g/mol. The lowest BCUT2D eigenvalue weighted by atomic mass is 9.83.